The number of rotatable bonds is 6. The highest BCUT2D eigenvalue weighted by molar-refractivity contribution is 6.36. The highest BCUT2D eigenvalue weighted by Gasteiger charge is 2.13. The van der Waals surface area contributed by atoms with Crippen molar-refractivity contribution in [1.82, 2.24) is 5.43 Å². The summed E-state index contributed by atoms with van der Waals surface area (Å²) < 4.78 is 5.32. The van der Waals surface area contributed by atoms with Crippen molar-refractivity contribution >= 4 is 47.0 Å². The molecule has 0 saturated carbocycles. The second-order valence-corrected chi connectivity index (χ2v) is 6.93. The second kappa shape index (κ2) is 9.84. The van der Waals surface area contributed by atoms with Gasteiger partial charge < -0.3 is 4.74 Å². The van der Waals surface area contributed by atoms with Crippen LogP contribution in [0.5, 0.6) is 5.75 Å². The van der Waals surface area contributed by atoms with Gasteiger partial charge in [-0.3, -0.25) is 14.9 Å². The van der Waals surface area contributed by atoms with E-state index in [0.29, 0.717) is 10.6 Å². The zero-order chi connectivity index (χ0) is 22.4. The van der Waals surface area contributed by atoms with Crippen LogP contribution in [0.25, 0.3) is 0 Å². The SMILES string of the molecule is O=C(NN=Cc1cccc(OC(=O)c2ccc(Cl)cc2Cl)c1)c1ccc([N+](=O)[O-])cc1. The van der Waals surface area contributed by atoms with Gasteiger partial charge >= 0.3 is 5.97 Å². The molecule has 0 aliphatic heterocycles. The van der Waals surface area contributed by atoms with Crippen molar-refractivity contribution in [3.8, 4) is 5.75 Å². The summed E-state index contributed by atoms with van der Waals surface area (Å²) in [5, 5.41) is 15.1. The van der Waals surface area contributed by atoms with Gasteiger partial charge in [-0.05, 0) is 48.0 Å². The van der Waals surface area contributed by atoms with Crippen LogP contribution in [0.2, 0.25) is 10.0 Å². The van der Waals surface area contributed by atoms with Crippen LogP contribution < -0.4 is 10.2 Å². The van der Waals surface area contributed by atoms with E-state index < -0.39 is 16.8 Å². The summed E-state index contributed by atoms with van der Waals surface area (Å²) in [6.07, 6.45) is 1.36. The summed E-state index contributed by atoms with van der Waals surface area (Å²) in [6, 6.07) is 16.0. The lowest BCUT2D eigenvalue weighted by atomic mass is 10.2. The van der Waals surface area contributed by atoms with E-state index >= 15 is 0 Å². The lowest BCUT2D eigenvalue weighted by Gasteiger charge is -2.07. The number of nitrogens with one attached hydrogen (secondary N) is 1. The number of nitro benzene ring substituents is 1. The fourth-order valence-corrected chi connectivity index (χ4v) is 2.93. The molecule has 8 nitrogen and oxygen atoms in total. The van der Waals surface area contributed by atoms with E-state index in [1.807, 2.05) is 0 Å². The fraction of sp³-hybridized carbons (Fsp3) is 0. The number of nitrogens with zero attached hydrogens (tertiary/aromatic N) is 2. The van der Waals surface area contributed by atoms with Crippen molar-refractivity contribution in [2.75, 3.05) is 0 Å². The number of hydrazone groups is 1. The number of benzene rings is 3. The van der Waals surface area contributed by atoms with Crippen LogP contribution >= 0.6 is 23.2 Å². The van der Waals surface area contributed by atoms with Crippen molar-refractivity contribution in [2.45, 2.75) is 0 Å². The van der Waals surface area contributed by atoms with E-state index in [1.54, 1.807) is 24.3 Å². The molecule has 0 bridgehead atoms. The molecule has 10 heteroatoms. The van der Waals surface area contributed by atoms with E-state index in [9.17, 15) is 19.7 Å². The van der Waals surface area contributed by atoms with Crippen molar-refractivity contribution in [2.24, 2.45) is 5.10 Å². The first kappa shape index (κ1) is 21.9. The average Bonchev–Trinajstić information content (AvgIpc) is 2.74. The van der Waals surface area contributed by atoms with Crippen LogP contribution in [0, 0.1) is 10.1 Å². The molecule has 3 aromatic carbocycles. The molecule has 0 spiro atoms. The number of halogens is 2. The molecule has 0 atom stereocenters. The van der Waals surface area contributed by atoms with Gasteiger partial charge in [0.25, 0.3) is 11.6 Å². The molecule has 3 rings (SSSR count). The van der Waals surface area contributed by atoms with E-state index in [2.05, 4.69) is 10.5 Å². The Bertz CT molecular complexity index is 1180. The second-order valence-electron chi connectivity index (χ2n) is 6.09. The molecular weight excluding hydrogens is 445 g/mol. The number of ether oxygens (including phenoxy) is 1. The smallest absolute Gasteiger partial charge is 0.345 e. The number of hydrogen-bond donors (Lipinski definition) is 1. The quantitative estimate of drug-likeness (QED) is 0.186. The minimum atomic E-state index is -0.651. The number of non-ortho nitro benzene ring substituents is 1. The first-order valence-corrected chi connectivity index (χ1v) is 9.44. The summed E-state index contributed by atoms with van der Waals surface area (Å²) in [6.45, 7) is 0. The number of esters is 1. The molecule has 0 aliphatic carbocycles. The van der Waals surface area contributed by atoms with Gasteiger partial charge in [-0.15, -0.1) is 0 Å². The Balaban J connectivity index is 1.63. The minimum Gasteiger partial charge on any atom is -0.423 e. The van der Waals surface area contributed by atoms with Gasteiger partial charge in [-0.2, -0.15) is 5.10 Å². The van der Waals surface area contributed by atoms with Crippen molar-refractivity contribution in [3.63, 3.8) is 0 Å². The van der Waals surface area contributed by atoms with Crippen LogP contribution in [-0.2, 0) is 0 Å². The first-order valence-electron chi connectivity index (χ1n) is 8.68. The monoisotopic (exact) mass is 457 g/mol. The molecule has 1 amide bonds. The Morgan fingerprint density at radius 3 is 2.45 bits per heavy atom. The van der Waals surface area contributed by atoms with E-state index in [-0.39, 0.29) is 27.6 Å². The predicted octanol–water partition coefficient (Wildman–Crippen LogP) is 4.88. The lowest BCUT2D eigenvalue weighted by Crippen LogP contribution is -2.17. The van der Waals surface area contributed by atoms with Crippen molar-refractivity contribution in [1.29, 1.82) is 0 Å². The number of hydrogen-bond acceptors (Lipinski definition) is 6. The third-order valence-corrected chi connectivity index (χ3v) is 4.49. The molecule has 0 saturated heterocycles. The Kier molecular flexibility index (Phi) is 6.96. The van der Waals surface area contributed by atoms with E-state index in [1.165, 1.54) is 48.7 Å². The lowest BCUT2D eigenvalue weighted by molar-refractivity contribution is -0.384. The fourth-order valence-electron chi connectivity index (χ4n) is 2.44. The molecule has 1 N–H and O–H groups in total. The number of amides is 1. The summed E-state index contributed by atoms with van der Waals surface area (Å²) in [4.78, 5) is 34.5. The van der Waals surface area contributed by atoms with Crippen molar-refractivity contribution in [3.05, 3.63) is 104 Å². The molecule has 0 aromatic heterocycles. The van der Waals surface area contributed by atoms with Crippen LogP contribution in [0.3, 0.4) is 0 Å². The van der Waals surface area contributed by atoms with Gasteiger partial charge in [0.1, 0.15) is 5.75 Å². The number of carbonyl (C=O) groups is 2. The number of carbonyl (C=O) groups excluding carboxylic acids is 2. The van der Waals surface area contributed by atoms with E-state index in [4.69, 9.17) is 27.9 Å². The Morgan fingerprint density at radius 1 is 1.03 bits per heavy atom. The topological polar surface area (TPSA) is 111 Å². The maximum Gasteiger partial charge on any atom is 0.345 e. The molecule has 31 heavy (non-hydrogen) atoms. The summed E-state index contributed by atoms with van der Waals surface area (Å²) in [5.74, 6) is -0.935. The zero-order valence-electron chi connectivity index (χ0n) is 15.6. The average molecular weight is 458 g/mol. The molecule has 0 fully saturated rings. The van der Waals surface area contributed by atoms with Crippen LogP contribution in [-0.4, -0.2) is 23.0 Å². The van der Waals surface area contributed by atoms with Gasteiger partial charge in [-0.1, -0.05) is 35.3 Å². The van der Waals surface area contributed by atoms with Gasteiger partial charge in [0.05, 0.1) is 21.7 Å². The van der Waals surface area contributed by atoms with Crippen LogP contribution in [0.4, 0.5) is 5.69 Å². The maximum absolute atomic E-state index is 12.3. The van der Waals surface area contributed by atoms with Crippen LogP contribution in [0.15, 0.2) is 71.8 Å². The minimum absolute atomic E-state index is 0.119. The summed E-state index contributed by atoms with van der Waals surface area (Å²) in [5.41, 5.74) is 3.13. The number of nitro groups is 1. The standard InChI is InChI=1S/C21H13Cl2N3O5/c22-15-6-9-18(19(23)11-15)21(28)31-17-3-1-2-13(10-17)12-24-25-20(27)14-4-7-16(8-5-14)26(29)30/h1-12H,(H,25,27). The zero-order valence-corrected chi connectivity index (χ0v) is 17.1. The molecule has 3 aromatic rings. The normalized spacial score (nSPS) is 10.6. The maximum atomic E-state index is 12.3. The molecule has 0 unspecified atom stereocenters. The Morgan fingerprint density at radius 2 is 1.77 bits per heavy atom. The van der Waals surface area contributed by atoms with Gasteiger partial charge in [0.2, 0.25) is 0 Å². The molecule has 0 aliphatic rings. The predicted molar refractivity (Wildman–Crippen MR) is 116 cm³/mol. The third kappa shape index (κ3) is 5.88. The Hall–Kier alpha value is -3.75. The van der Waals surface area contributed by atoms with E-state index in [0.717, 1.165) is 0 Å². The highest BCUT2D eigenvalue weighted by atomic mass is 35.5. The summed E-state index contributed by atoms with van der Waals surface area (Å²) in [7, 11) is 0. The van der Waals surface area contributed by atoms with Gasteiger partial charge in [0, 0.05) is 22.7 Å². The first-order chi connectivity index (χ1) is 14.8. The summed E-state index contributed by atoms with van der Waals surface area (Å²) >= 11 is 11.8. The highest BCUT2D eigenvalue weighted by Crippen LogP contribution is 2.23. The Labute approximate surface area is 186 Å². The van der Waals surface area contributed by atoms with Crippen LogP contribution in [0.1, 0.15) is 26.3 Å². The van der Waals surface area contributed by atoms with Gasteiger partial charge in [-0.25, -0.2) is 10.2 Å². The molecule has 0 heterocycles. The third-order valence-electron chi connectivity index (χ3n) is 3.94. The molecule has 156 valence electrons. The van der Waals surface area contributed by atoms with Gasteiger partial charge in [0.15, 0.2) is 0 Å². The molecule has 0 radical (unpaired) electrons. The van der Waals surface area contributed by atoms with Crippen molar-refractivity contribution < 1.29 is 19.2 Å². The largest absolute Gasteiger partial charge is 0.423 e. The molecular formula is C21H13Cl2N3O5.